The number of aryl methyl sites for hydroxylation is 1. The Bertz CT molecular complexity index is 1050. The number of aromatic nitrogens is 3. The van der Waals surface area contributed by atoms with Gasteiger partial charge in [-0.15, -0.1) is 10.2 Å². The molecule has 1 aliphatic rings. The number of fused-ring (bicyclic) bond motifs is 1. The van der Waals surface area contributed by atoms with Gasteiger partial charge in [0.1, 0.15) is 5.84 Å². The number of hydrogen-bond donors (Lipinski definition) is 1. The van der Waals surface area contributed by atoms with E-state index >= 15 is 0 Å². The number of nitrogens with one attached hydrogen (secondary N) is 1. The van der Waals surface area contributed by atoms with Crippen LogP contribution in [0.15, 0.2) is 46.5 Å². The van der Waals surface area contributed by atoms with Crippen LogP contribution in [0, 0.1) is 6.92 Å². The Morgan fingerprint density at radius 2 is 1.73 bits per heavy atom. The zero-order chi connectivity index (χ0) is 21.1. The molecule has 3 aromatic rings. The summed E-state index contributed by atoms with van der Waals surface area (Å²) < 4.78 is 18.2. The predicted octanol–water partition coefficient (Wildman–Crippen LogP) is 3.53. The highest BCUT2D eigenvalue weighted by atomic mass is 32.2. The minimum atomic E-state index is 0.532. The number of rotatable bonds is 6. The summed E-state index contributed by atoms with van der Waals surface area (Å²) in [5.74, 6) is 3.85. The van der Waals surface area contributed by atoms with Crippen molar-refractivity contribution in [2.75, 3.05) is 32.5 Å². The molecule has 0 fully saturated rings. The molecule has 156 valence electrons. The highest BCUT2D eigenvalue weighted by Gasteiger charge is 2.23. The molecule has 0 amide bonds. The summed E-state index contributed by atoms with van der Waals surface area (Å²) >= 11 is 1.59. The lowest BCUT2D eigenvalue weighted by Crippen LogP contribution is -2.30. The summed E-state index contributed by atoms with van der Waals surface area (Å²) in [7, 11) is 4.75. The lowest BCUT2D eigenvalue weighted by molar-refractivity contribution is 0.324. The fourth-order valence-electron chi connectivity index (χ4n) is 3.12. The molecule has 4 rings (SSSR count). The average Bonchev–Trinajstić information content (AvgIpc) is 3.21. The Balaban J connectivity index is 1.63. The number of ether oxygens (including phenoxy) is 3. The molecule has 9 heteroatoms. The normalized spacial score (nSPS) is 14.2. The van der Waals surface area contributed by atoms with Crippen LogP contribution in [0.25, 0.3) is 11.4 Å². The first-order chi connectivity index (χ1) is 14.6. The minimum absolute atomic E-state index is 0.532. The highest BCUT2D eigenvalue weighted by molar-refractivity contribution is 7.99. The van der Waals surface area contributed by atoms with Gasteiger partial charge in [0.2, 0.25) is 10.9 Å². The molecule has 0 atom stereocenters. The first-order valence-corrected chi connectivity index (χ1v) is 10.4. The molecular weight excluding hydrogens is 402 g/mol. The Morgan fingerprint density at radius 3 is 2.37 bits per heavy atom. The van der Waals surface area contributed by atoms with E-state index in [1.54, 1.807) is 33.1 Å². The second-order valence-corrected chi connectivity index (χ2v) is 7.65. The average molecular weight is 426 g/mol. The third kappa shape index (κ3) is 3.93. The molecule has 2 aromatic carbocycles. The highest BCUT2D eigenvalue weighted by Crippen LogP contribution is 2.41. The second-order valence-electron chi connectivity index (χ2n) is 6.70. The third-order valence-corrected chi connectivity index (χ3v) is 5.65. The van der Waals surface area contributed by atoms with Crippen molar-refractivity contribution in [3.05, 3.63) is 47.5 Å². The van der Waals surface area contributed by atoms with Crippen LogP contribution in [0.1, 0.15) is 11.1 Å². The predicted molar refractivity (Wildman–Crippen MR) is 118 cm³/mol. The van der Waals surface area contributed by atoms with E-state index in [1.165, 1.54) is 11.1 Å². The Morgan fingerprint density at radius 1 is 1.03 bits per heavy atom. The van der Waals surface area contributed by atoms with Gasteiger partial charge >= 0.3 is 0 Å². The summed E-state index contributed by atoms with van der Waals surface area (Å²) in [5, 5.41) is 9.43. The monoisotopic (exact) mass is 425 g/mol. The van der Waals surface area contributed by atoms with Crippen molar-refractivity contribution < 1.29 is 14.2 Å². The number of methoxy groups -OCH3 is 3. The van der Waals surface area contributed by atoms with Crippen LogP contribution in [-0.4, -0.2) is 47.8 Å². The molecule has 0 radical (unpaired) electrons. The van der Waals surface area contributed by atoms with Gasteiger partial charge in [-0.3, -0.25) is 10.4 Å². The lowest BCUT2D eigenvalue weighted by atomic mass is 10.1. The molecule has 0 saturated carbocycles. The largest absolute Gasteiger partial charge is 0.493 e. The zero-order valence-corrected chi connectivity index (χ0v) is 18.1. The molecule has 0 unspecified atom stereocenters. The van der Waals surface area contributed by atoms with Crippen LogP contribution >= 0.6 is 11.8 Å². The number of benzene rings is 2. The van der Waals surface area contributed by atoms with E-state index < -0.39 is 0 Å². The molecule has 1 N–H and O–H groups in total. The molecule has 1 aromatic heterocycles. The van der Waals surface area contributed by atoms with Gasteiger partial charge in [0.05, 0.1) is 33.6 Å². The van der Waals surface area contributed by atoms with Gasteiger partial charge in [0.25, 0.3) is 0 Å². The van der Waals surface area contributed by atoms with Crippen molar-refractivity contribution >= 4 is 17.6 Å². The van der Waals surface area contributed by atoms with E-state index in [9.17, 15) is 0 Å². The van der Waals surface area contributed by atoms with Crippen LogP contribution in [0.2, 0.25) is 0 Å². The Labute approximate surface area is 179 Å². The summed E-state index contributed by atoms with van der Waals surface area (Å²) in [6.07, 6.45) is 0. The molecule has 0 aliphatic carbocycles. The first kappa shape index (κ1) is 20.1. The van der Waals surface area contributed by atoms with Gasteiger partial charge in [-0.1, -0.05) is 41.6 Å². The summed E-state index contributed by atoms with van der Waals surface area (Å²) in [5.41, 5.74) is 6.53. The van der Waals surface area contributed by atoms with Crippen molar-refractivity contribution in [3.63, 3.8) is 0 Å². The molecule has 0 spiro atoms. The summed E-state index contributed by atoms with van der Waals surface area (Å²) in [6.45, 7) is 2.69. The number of aliphatic imine (C=N–C) groups is 1. The third-order valence-electron chi connectivity index (χ3n) is 4.71. The van der Waals surface area contributed by atoms with Crippen LogP contribution in [0.4, 0.5) is 0 Å². The maximum atomic E-state index is 5.47. The molecule has 0 saturated heterocycles. The van der Waals surface area contributed by atoms with Gasteiger partial charge in [0.15, 0.2) is 17.3 Å². The summed E-state index contributed by atoms with van der Waals surface area (Å²) in [6, 6.07) is 12.1. The van der Waals surface area contributed by atoms with Crippen molar-refractivity contribution in [2.24, 2.45) is 4.99 Å². The lowest BCUT2D eigenvalue weighted by Gasteiger charge is -2.20. The molecular formula is C21H23N5O3S. The van der Waals surface area contributed by atoms with E-state index in [2.05, 4.69) is 46.8 Å². The minimum Gasteiger partial charge on any atom is -0.493 e. The molecule has 2 heterocycles. The number of amidine groups is 1. The fourth-order valence-corrected chi connectivity index (χ4v) is 3.90. The van der Waals surface area contributed by atoms with Crippen LogP contribution in [0.3, 0.4) is 0 Å². The van der Waals surface area contributed by atoms with E-state index in [0.29, 0.717) is 35.4 Å². The van der Waals surface area contributed by atoms with Crippen molar-refractivity contribution in [2.45, 2.75) is 18.6 Å². The van der Waals surface area contributed by atoms with Gasteiger partial charge in [-0.05, 0) is 24.6 Å². The van der Waals surface area contributed by atoms with E-state index in [4.69, 9.17) is 19.2 Å². The van der Waals surface area contributed by atoms with Crippen LogP contribution in [-0.2, 0) is 6.54 Å². The van der Waals surface area contributed by atoms with Crippen molar-refractivity contribution in [1.82, 2.24) is 14.9 Å². The smallest absolute Gasteiger partial charge is 0.211 e. The molecule has 0 bridgehead atoms. The summed E-state index contributed by atoms with van der Waals surface area (Å²) in [4.78, 5) is 4.73. The topological polar surface area (TPSA) is 82.8 Å². The van der Waals surface area contributed by atoms with E-state index in [1.807, 2.05) is 16.8 Å². The zero-order valence-electron chi connectivity index (χ0n) is 17.3. The van der Waals surface area contributed by atoms with Gasteiger partial charge < -0.3 is 14.2 Å². The van der Waals surface area contributed by atoms with Gasteiger partial charge in [0, 0.05) is 5.56 Å². The van der Waals surface area contributed by atoms with E-state index in [-0.39, 0.29) is 0 Å². The molecule has 30 heavy (non-hydrogen) atoms. The van der Waals surface area contributed by atoms with Crippen LogP contribution < -0.4 is 19.6 Å². The van der Waals surface area contributed by atoms with Gasteiger partial charge in [-0.2, -0.15) is 0 Å². The first-order valence-electron chi connectivity index (χ1n) is 9.37. The van der Waals surface area contributed by atoms with Crippen molar-refractivity contribution in [3.8, 4) is 28.6 Å². The number of hydrogen-bond acceptors (Lipinski definition) is 7. The van der Waals surface area contributed by atoms with Crippen molar-refractivity contribution in [1.29, 1.82) is 0 Å². The molecule has 1 aliphatic heterocycles. The Kier molecular flexibility index (Phi) is 5.80. The quantitative estimate of drug-likeness (QED) is 0.647. The Hall–Kier alpha value is -3.20. The standard InChI is InChI=1S/C21H23N5O3S/c1-13-5-7-14(8-6-13)11-22-18-12-30-21-24-23-20(26(21)25-18)15-9-16(27-2)19(29-4)17(10-15)28-3/h5-10H,11-12H2,1-4H3,(H,22,25). The molecule has 8 nitrogen and oxygen atoms in total. The maximum Gasteiger partial charge on any atom is 0.211 e. The SMILES string of the molecule is COc1cc(-c2nnc3n2NC(=NCc2ccc(C)cc2)CS3)cc(OC)c1OC. The maximum absolute atomic E-state index is 5.47. The second kappa shape index (κ2) is 8.66. The van der Waals surface area contributed by atoms with E-state index in [0.717, 1.165) is 16.6 Å². The number of nitrogens with zero attached hydrogens (tertiary/aromatic N) is 4. The van der Waals surface area contributed by atoms with Gasteiger partial charge in [-0.25, -0.2) is 4.68 Å². The number of thioether (sulfide) groups is 1. The van der Waals surface area contributed by atoms with Crippen LogP contribution in [0.5, 0.6) is 17.2 Å². The fraction of sp³-hybridized carbons (Fsp3) is 0.286.